The molecule has 0 saturated carbocycles. The molecule has 29 heavy (non-hydrogen) atoms. The van der Waals surface area contributed by atoms with Crippen molar-refractivity contribution in [1.82, 2.24) is 0 Å². The molecule has 0 aliphatic carbocycles. The van der Waals surface area contributed by atoms with Gasteiger partial charge in [-0.15, -0.1) is 0 Å². The summed E-state index contributed by atoms with van der Waals surface area (Å²) in [7, 11) is 3.15. The number of benzene rings is 3. The van der Waals surface area contributed by atoms with Crippen LogP contribution in [0.5, 0.6) is 11.5 Å². The van der Waals surface area contributed by atoms with E-state index in [2.05, 4.69) is 59.1 Å². The van der Waals surface area contributed by atoms with E-state index in [0.717, 1.165) is 11.3 Å². The molecule has 4 nitrogen and oxygen atoms in total. The van der Waals surface area contributed by atoms with Crippen molar-refractivity contribution in [2.75, 3.05) is 19.5 Å². The maximum absolute atomic E-state index is 13.1. The van der Waals surface area contributed by atoms with Gasteiger partial charge in [0.1, 0.15) is 0 Å². The van der Waals surface area contributed by atoms with Gasteiger partial charge in [-0.05, 0) is 77.5 Å². The van der Waals surface area contributed by atoms with Crippen molar-refractivity contribution in [3.8, 4) is 11.5 Å². The fourth-order valence-electron chi connectivity index (χ4n) is 3.11. The maximum atomic E-state index is 13.1. The van der Waals surface area contributed by atoms with E-state index in [-0.39, 0.29) is 11.8 Å². The van der Waals surface area contributed by atoms with Crippen molar-refractivity contribution in [3.63, 3.8) is 0 Å². The molecule has 0 saturated heterocycles. The van der Waals surface area contributed by atoms with Crippen LogP contribution in [0.25, 0.3) is 0 Å². The molecule has 0 aromatic heterocycles. The third-order valence-electron chi connectivity index (χ3n) is 4.76. The van der Waals surface area contributed by atoms with Crippen LogP contribution in [0.15, 0.2) is 66.7 Å². The monoisotopic (exact) mass is 501 g/mol. The van der Waals surface area contributed by atoms with E-state index in [0.29, 0.717) is 23.5 Å². The molecule has 0 heterocycles. The van der Waals surface area contributed by atoms with E-state index in [1.54, 1.807) is 32.4 Å². The van der Waals surface area contributed by atoms with E-state index in [1.807, 2.05) is 24.3 Å². The van der Waals surface area contributed by atoms with Crippen LogP contribution in [0.4, 0.5) is 5.69 Å². The lowest BCUT2D eigenvalue weighted by Crippen LogP contribution is -2.16. The van der Waals surface area contributed by atoms with Gasteiger partial charge in [0.25, 0.3) is 0 Å². The Morgan fingerprint density at radius 2 is 1.59 bits per heavy atom. The summed E-state index contributed by atoms with van der Waals surface area (Å²) in [4.78, 5) is 13.1. The zero-order valence-corrected chi connectivity index (χ0v) is 18.9. The van der Waals surface area contributed by atoms with Crippen LogP contribution in [-0.4, -0.2) is 20.0 Å². The number of carbonyl (C=O) groups excluding carboxylic acids is 1. The number of ether oxygens (including phenoxy) is 2. The second-order valence-electron chi connectivity index (χ2n) is 6.81. The van der Waals surface area contributed by atoms with Crippen molar-refractivity contribution in [3.05, 3.63) is 87.0 Å². The Hall–Kier alpha value is -2.54. The predicted octanol–water partition coefficient (Wildman–Crippen LogP) is 6.04. The molecule has 0 bridgehead atoms. The van der Waals surface area contributed by atoms with Crippen molar-refractivity contribution in [1.29, 1.82) is 0 Å². The normalized spacial score (nSPS) is 11.6. The number of nitrogens with one attached hydrogen (secondary N) is 1. The van der Waals surface area contributed by atoms with E-state index < -0.39 is 0 Å². The average Bonchev–Trinajstić information content (AvgIpc) is 2.74. The quantitative estimate of drug-likeness (QED) is 0.302. The Morgan fingerprint density at radius 3 is 2.21 bits per heavy atom. The van der Waals surface area contributed by atoms with Gasteiger partial charge in [0.2, 0.25) is 0 Å². The molecule has 0 aliphatic rings. The maximum Gasteiger partial charge on any atom is 0.165 e. The third kappa shape index (κ3) is 5.50. The van der Waals surface area contributed by atoms with Crippen molar-refractivity contribution >= 4 is 34.1 Å². The SMILES string of the molecule is COc1ccc(C(=O)CC(Nc2ccc(I)cc2)c2ccc(C)cc2)cc1OC. The first-order chi connectivity index (χ1) is 14.0. The largest absolute Gasteiger partial charge is 0.493 e. The highest BCUT2D eigenvalue weighted by molar-refractivity contribution is 14.1. The number of ketones is 1. The minimum absolute atomic E-state index is 0.0366. The van der Waals surface area contributed by atoms with Crippen LogP contribution < -0.4 is 14.8 Å². The molecule has 0 fully saturated rings. The first-order valence-corrected chi connectivity index (χ1v) is 10.4. The topological polar surface area (TPSA) is 47.6 Å². The van der Waals surface area contributed by atoms with Crippen molar-refractivity contribution in [2.45, 2.75) is 19.4 Å². The molecule has 3 rings (SSSR count). The zero-order valence-electron chi connectivity index (χ0n) is 16.7. The Morgan fingerprint density at radius 1 is 0.931 bits per heavy atom. The summed E-state index contributed by atoms with van der Waals surface area (Å²) < 4.78 is 11.8. The van der Waals surface area contributed by atoms with Gasteiger partial charge in [-0.25, -0.2) is 0 Å². The lowest BCUT2D eigenvalue weighted by atomic mass is 9.96. The molecule has 0 aliphatic heterocycles. The first kappa shape index (κ1) is 21.2. The summed E-state index contributed by atoms with van der Waals surface area (Å²) in [6.07, 6.45) is 0.324. The molecule has 0 radical (unpaired) electrons. The van der Waals surface area contributed by atoms with E-state index in [4.69, 9.17) is 9.47 Å². The Labute approximate surface area is 185 Å². The van der Waals surface area contributed by atoms with E-state index in [1.165, 1.54) is 9.13 Å². The second-order valence-corrected chi connectivity index (χ2v) is 8.06. The molecule has 150 valence electrons. The number of aryl methyl sites for hydroxylation is 1. The van der Waals surface area contributed by atoms with Gasteiger partial charge in [-0.1, -0.05) is 29.8 Å². The number of anilines is 1. The number of methoxy groups -OCH3 is 2. The summed E-state index contributed by atoms with van der Waals surface area (Å²) in [5, 5.41) is 3.51. The highest BCUT2D eigenvalue weighted by Crippen LogP contribution is 2.30. The fraction of sp³-hybridized carbons (Fsp3) is 0.208. The van der Waals surface area contributed by atoms with E-state index in [9.17, 15) is 4.79 Å². The summed E-state index contributed by atoms with van der Waals surface area (Å²) in [5.41, 5.74) is 3.84. The lowest BCUT2D eigenvalue weighted by molar-refractivity contribution is 0.0976. The molecule has 1 N–H and O–H groups in total. The van der Waals surface area contributed by atoms with Crippen LogP contribution in [-0.2, 0) is 0 Å². The Bertz CT molecular complexity index is 968. The molecule has 3 aromatic rings. The summed E-state index contributed by atoms with van der Waals surface area (Å²) in [6.45, 7) is 2.06. The molecule has 0 spiro atoms. The molecule has 5 heteroatoms. The molecule has 1 atom stereocenters. The van der Waals surface area contributed by atoms with E-state index >= 15 is 0 Å². The zero-order chi connectivity index (χ0) is 20.8. The van der Waals surface area contributed by atoms with Gasteiger partial charge in [0.05, 0.1) is 20.3 Å². The highest BCUT2D eigenvalue weighted by atomic mass is 127. The van der Waals surface area contributed by atoms with Crippen LogP contribution in [0.1, 0.15) is 33.9 Å². The highest BCUT2D eigenvalue weighted by Gasteiger charge is 2.19. The predicted molar refractivity (Wildman–Crippen MR) is 125 cm³/mol. The van der Waals surface area contributed by atoms with Gasteiger partial charge >= 0.3 is 0 Å². The smallest absolute Gasteiger partial charge is 0.165 e. The first-order valence-electron chi connectivity index (χ1n) is 9.34. The summed E-state index contributed by atoms with van der Waals surface area (Å²) in [6, 6.07) is 21.6. The van der Waals surface area contributed by atoms with Crippen LogP contribution in [0.2, 0.25) is 0 Å². The fourth-order valence-corrected chi connectivity index (χ4v) is 3.47. The minimum atomic E-state index is -0.142. The van der Waals surface area contributed by atoms with Gasteiger partial charge in [0.15, 0.2) is 17.3 Å². The van der Waals surface area contributed by atoms with Gasteiger partial charge < -0.3 is 14.8 Å². The molecule has 1 unspecified atom stereocenters. The number of halogens is 1. The van der Waals surface area contributed by atoms with Gasteiger partial charge in [0, 0.05) is 21.2 Å². The number of Topliss-reactive ketones (excluding diaryl/α,β-unsaturated/α-hetero) is 1. The molecular weight excluding hydrogens is 477 g/mol. The lowest BCUT2D eigenvalue weighted by Gasteiger charge is -2.21. The standard InChI is InChI=1S/C24H24INO3/c1-16-4-6-17(7-5-16)21(26-20-11-9-19(25)10-12-20)15-22(27)18-8-13-23(28-2)24(14-18)29-3/h4-14,21,26H,15H2,1-3H3. The van der Waals surface area contributed by atoms with Crippen molar-refractivity contribution in [2.24, 2.45) is 0 Å². The Kier molecular flexibility index (Phi) is 7.14. The van der Waals surface area contributed by atoms with Crippen LogP contribution in [0.3, 0.4) is 0 Å². The number of hydrogen-bond donors (Lipinski definition) is 1. The van der Waals surface area contributed by atoms with Gasteiger partial charge in [-0.2, -0.15) is 0 Å². The van der Waals surface area contributed by atoms with Crippen LogP contribution in [0, 0.1) is 10.5 Å². The summed E-state index contributed by atoms with van der Waals surface area (Å²) in [5.74, 6) is 1.20. The second kappa shape index (κ2) is 9.78. The van der Waals surface area contributed by atoms with Crippen LogP contribution >= 0.6 is 22.6 Å². The van der Waals surface area contributed by atoms with Gasteiger partial charge in [-0.3, -0.25) is 4.79 Å². The summed E-state index contributed by atoms with van der Waals surface area (Å²) >= 11 is 2.28. The number of rotatable bonds is 8. The molecule has 0 amide bonds. The molecule has 3 aromatic carbocycles. The number of hydrogen-bond acceptors (Lipinski definition) is 4. The number of carbonyl (C=O) groups is 1. The third-order valence-corrected chi connectivity index (χ3v) is 5.48. The molecular formula is C24H24INO3. The average molecular weight is 501 g/mol. The Balaban J connectivity index is 1.86. The van der Waals surface area contributed by atoms with Crippen molar-refractivity contribution < 1.29 is 14.3 Å². The minimum Gasteiger partial charge on any atom is -0.493 e.